The number of hydrogen-bond donors (Lipinski definition) is 1. The minimum atomic E-state index is -4.20. The van der Waals surface area contributed by atoms with E-state index in [9.17, 15) is 13.2 Å². The fourth-order valence-electron chi connectivity index (χ4n) is 2.62. The molecule has 0 aromatic heterocycles. The van der Waals surface area contributed by atoms with E-state index >= 15 is 0 Å². The van der Waals surface area contributed by atoms with E-state index in [1.807, 2.05) is 0 Å². The predicted molar refractivity (Wildman–Crippen MR) is 67.0 cm³/mol. The van der Waals surface area contributed by atoms with Gasteiger partial charge in [-0.3, -0.25) is 5.32 Å². The van der Waals surface area contributed by atoms with E-state index in [0.717, 1.165) is 5.56 Å². The molecule has 1 aliphatic carbocycles. The molecule has 0 bridgehead atoms. The van der Waals surface area contributed by atoms with Crippen molar-refractivity contribution in [3.8, 4) is 11.5 Å². The Labute approximate surface area is 115 Å². The molecule has 6 heteroatoms. The molecule has 1 atom stereocenters. The Balaban J connectivity index is 1.87. The summed E-state index contributed by atoms with van der Waals surface area (Å²) in [6.07, 6.45) is -3.39. The predicted octanol–water partition coefficient (Wildman–Crippen LogP) is 3.20. The third kappa shape index (κ3) is 2.22. The third-order valence-electron chi connectivity index (χ3n) is 4.00. The molecule has 110 valence electrons. The fraction of sp³-hybridized carbons (Fsp3) is 0.571. The summed E-state index contributed by atoms with van der Waals surface area (Å²) >= 11 is 0. The summed E-state index contributed by atoms with van der Waals surface area (Å²) in [6.45, 7) is 0.422. The van der Waals surface area contributed by atoms with Gasteiger partial charge in [-0.1, -0.05) is 0 Å². The van der Waals surface area contributed by atoms with Gasteiger partial charge >= 0.3 is 6.18 Å². The van der Waals surface area contributed by atoms with Crippen molar-refractivity contribution in [1.82, 2.24) is 5.32 Å². The van der Waals surface area contributed by atoms with Crippen molar-refractivity contribution >= 4 is 0 Å². The van der Waals surface area contributed by atoms with Crippen molar-refractivity contribution < 1.29 is 22.6 Å². The van der Waals surface area contributed by atoms with Crippen LogP contribution in [-0.4, -0.2) is 25.4 Å². The highest BCUT2D eigenvalue weighted by Crippen LogP contribution is 2.51. The lowest BCUT2D eigenvalue weighted by atomic mass is 9.98. The van der Waals surface area contributed by atoms with E-state index in [0.29, 0.717) is 24.5 Å². The van der Waals surface area contributed by atoms with Crippen LogP contribution in [0.2, 0.25) is 0 Å². The summed E-state index contributed by atoms with van der Waals surface area (Å²) in [5.41, 5.74) is -0.971. The minimum absolute atomic E-state index is 0.146. The van der Waals surface area contributed by atoms with E-state index in [-0.39, 0.29) is 18.9 Å². The zero-order chi connectivity index (χ0) is 14.4. The van der Waals surface area contributed by atoms with Gasteiger partial charge in [0, 0.05) is 18.0 Å². The summed E-state index contributed by atoms with van der Waals surface area (Å²) in [5, 5.41) is 2.79. The zero-order valence-electron chi connectivity index (χ0n) is 11.1. The number of alkyl halides is 3. The first-order valence-corrected chi connectivity index (χ1v) is 6.60. The molecular formula is C14H16F3NO2. The molecule has 0 radical (unpaired) electrons. The third-order valence-corrected chi connectivity index (χ3v) is 4.00. The molecular weight excluding hydrogens is 271 g/mol. The standard InChI is InChI=1S/C14H16F3NO2/c1-19-9-2-3-12-10(8-9)11(4-7-20-12)18-13(5-6-13)14(15,16)17/h2-3,8,11,18H,4-7H2,1H3. The number of fused-ring (bicyclic) bond motifs is 1. The van der Waals surface area contributed by atoms with Crippen LogP contribution in [0.15, 0.2) is 18.2 Å². The maximum atomic E-state index is 13.1. The first kappa shape index (κ1) is 13.5. The number of rotatable bonds is 3. The number of methoxy groups -OCH3 is 1. The van der Waals surface area contributed by atoms with E-state index in [2.05, 4.69) is 5.32 Å². The molecule has 0 saturated heterocycles. The van der Waals surface area contributed by atoms with Crippen LogP contribution in [0.5, 0.6) is 11.5 Å². The van der Waals surface area contributed by atoms with Gasteiger partial charge in [-0.2, -0.15) is 13.2 Å². The Hall–Kier alpha value is -1.43. The van der Waals surface area contributed by atoms with Gasteiger partial charge in [0.05, 0.1) is 13.7 Å². The van der Waals surface area contributed by atoms with E-state index in [1.165, 1.54) is 7.11 Å². The SMILES string of the molecule is COc1ccc2c(c1)C(NC1(C(F)(F)F)CC1)CCO2. The zero-order valence-corrected chi connectivity index (χ0v) is 11.1. The topological polar surface area (TPSA) is 30.5 Å². The van der Waals surface area contributed by atoms with Crippen molar-refractivity contribution in [2.45, 2.75) is 37.0 Å². The van der Waals surface area contributed by atoms with Crippen molar-refractivity contribution in [3.63, 3.8) is 0 Å². The lowest BCUT2D eigenvalue weighted by Crippen LogP contribution is -2.47. The summed E-state index contributed by atoms with van der Waals surface area (Å²) < 4.78 is 49.8. The summed E-state index contributed by atoms with van der Waals surface area (Å²) in [4.78, 5) is 0. The quantitative estimate of drug-likeness (QED) is 0.926. The minimum Gasteiger partial charge on any atom is -0.497 e. The highest BCUT2D eigenvalue weighted by molar-refractivity contribution is 5.43. The van der Waals surface area contributed by atoms with Crippen LogP contribution in [0.25, 0.3) is 0 Å². The normalized spacial score (nSPS) is 23.7. The highest BCUT2D eigenvalue weighted by atomic mass is 19.4. The number of ether oxygens (including phenoxy) is 2. The molecule has 1 aromatic rings. The molecule has 1 N–H and O–H groups in total. The van der Waals surface area contributed by atoms with Gasteiger partial charge in [0.2, 0.25) is 0 Å². The second kappa shape index (κ2) is 4.55. The van der Waals surface area contributed by atoms with Gasteiger partial charge in [0.15, 0.2) is 0 Å². The van der Waals surface area contributed by atoms with Gasteiger partial charge in [-0.15, -0.1) is 0 Å². The molecule has 1 aliphatic heterocycles. The van der Waals surface area contributed by atoms with Crippen LogP contribution in [-0.2, 0) is 0 Å². The Morgan fingerprint density at radius 2 is 2.10 bits per heavy atom. The molecule has 1 heterocycles. The Bertz CT molecular complexity index is 512. The summed E-state index contributed by atoms with van der Waals surface area (Å²) in [7, 11) is 1.53. The first-order valence-electron chi connectivity index (χ1n) is 6.60. The van der Waals surface area contributed by atoms with E-state index in [4.69, 9.17) is 9.47 Å². The monoisotopic (exact) mass is 287 g/mol. The van der Waals surface area contributed by atoms with Crippen LogP contribution in [0, 0.1) is 0 Å². The smallest absolute Gasteiger partial charge is 0.406 e. The summed E-state index contributed by atoms with van der Waals surface area (Å²) in [5.74, 6) is 1.26. The number of benzene rings is 1. The van der Waals surface area contributed by atoms with Crippen LogP contribution >= 0.6 is 0 Å². The van der Waals surface area contributed by atoms with Crippen molar-refractivity contribution in [2.75, 3.05) is 13.7 Å². The first-order chi connectivity index (χ1) is 9.45. The van der Waals surface area contributed by atoms with Gasteiger partial charge in [0.25, 0.3) is 0 Å². The molecule has 1 saturated carbocycles. The largest absolute Gasteiger partial charge is 0.497 e. The number of halogens is 3. The molecule has 3 rings (SSSR count). The Morgan fingerprint density at radius 1 is 1.35 bits per heavy atom. The van der Waals surface area contributed by atoms with Crippen LogP contribution < -0.4 is 14.8 Å². The fourth-order valence-corrected chi connectivity index (χ4v) is 2.62. The van der Waals surface area contributed by atoms with Gasteiger partial charge in [-0.05, 0) is 31.0 Å². The van der Waals surface area contributed by atoms with Crippen molar-refractivity contribution in [1.29, 1.82) is 0 Å². The molecule has 0 amide bonds. The molecule has 20 heavy (non-hydrogen) atoms. The lowest BCUT2D eigenvalue weighted by Gasteiger charge is -2.32. The maximum Gasteiger partial charge on any atom is 0.406 e. The molecule has 1 fully saturated rings. The van der Waals surface area contributed by atoms with Crippen molar-refractivity contribution in [3.05, 3.63) is 23.8 Å². The van der Waals surface area contributed by atoms with Gasteiger partial charge in [0.1, 0.15) is 17.0 Å². The Morgan fingerprint density at radius 3 is 2.70 bits per heavy atom. The average molecular weight is 287 g/mol. The van der Waals surface area contributed by atoms with Crippen LogP contribution in [0.3, 0.4) is 0 Å². The molecule has 1 unspecified atom stereocenters. The summed E-state index contributed by atoms with van der Waals surface area (Å²) in [6, 6.07) is 4.89. The average Bonchev–Trinajstić information content (AvgIpc) is 3.19. The molecule has 0 spiro atoms. The molecule has 2 aliphatic rings. The van der Waals surface area contributed by atoms with E-state index in [1.54, 1.807) is 18.2 Å². The van der Waals surface area contributed by atoms with Gasteiger partial charge in [-0.25, -0.2) is 0 Å². The highest BCUT2D eigenvalue weighted by Gasteiger charge is 2.64. The van der Waals surface area contributed by atoms with E-state index < -0.39 is 11.7 Å². The van der Waals surface area contributed by atoms with Crippen LogP contribution in [0.4, 0.5) is 13.2 Å². The van der Waals surface area contributed by atoms with Gasteiger partial charge < -0.3 is 9.47 Å². The van der Waals surface area contributed by atoms with Crippen molar-refractivity contribution in [2.24, 2.45) is 0 Å². The second-order valence-electron chi connectivity index (χ2n) is 5.32. The molecule has 3 nitrogen and oxygen atoms in total. The Kier molecular flexibility index (Phi) is 3.08. The lowest BCUT2D eigenvalue weighted by molar-refractivity contribution is -0.168. The van der Waals surface area contributed by atoms with Crippen LogP contribution in [0.1, 0.15) is 30.9 Å². The molecule has 1 aromatic carbocycles. The maximum absolute atomic E-state index is 13.1. The number of hydrogen-bond acceptors (Lipinski definition) is 3. The number of nitrogens with one attached hydrogen (secondary N) is 1. The second-order valence-corrected chi connectivity index (χ2v) is 5.32.